The highest BCUT2D eigenvalue weighted by molar-refractivity contribution is 7.16. The molecule has 7 heteroatoms. The van der Waals surface area contributed by atoms with Crippen molar-refractivity contribution in [1.29, 1.82) is 5.26 Å². The van der Waals surface area contributed by atoms with Gasteiger partial charge in [0.15, 0.2) is 0 Å². The van der Waals surface area contributed by atoms with Gasteiger partial charge in [0.2, 0.25) is 5.91 Å². The zero-order chi connectivity index (χ0) is 17.9. The Kier molecular flexibility index (Phi) is 5.84. The van der Waals surface area contributed by atoms with Gasteiger partial charge in [0.1, 0.15) is 11.1 Å². The summed E-state index contributed by atoms with van der Waals surface area (Å²) in [5.74, 6) is -0.164. The number of piperidine rings is 1. The molecule has 130 valence electrons. The van der Waals surface area contributed by atoms with Gasteiger partial charge >= 0.3 is 6.03 Å². The van der Waals surface area contributed by atoms with Crippen molar-refractivity contribution in [2.45, 2.75) is 33.1 Å². The quantitative estimate of drug-likeness (QED) is 0.912. The van der Waals surface area contributed by atoms with E-state index in [0.29, 0.717) is 36.5 Å². The van der Waals surface area contributed by atoms with E-state index in [9.17, 15) is 14.9 Å². The monoisotopic (exact) mass is 348 g/mol. The second kappa shape index (κ2) is 7.67. The average Bonchev–Trinajstić information content (AvgIpc) is 2.88. The number of nitriles is 1. The van der Waals surface area contributed by atoms with Gasteiger partial charge in [-0.05, 0) is 31.7 Å². The number of likely N-dealkylation sites (tertiary alicyclic amines) is 1. The molecular formula is C17H24N4O2S. The van der Waals surface area contributed by atoms with Crippen molar-refractivity contribution in [3.63, 3.8) is 0 Å². The normalized spacial score (nSPS) is 15.0. The van der Waals surface area contributed by atoms with Gasteiger partial charge in [0, 0.05) is 38.0 Å². The second-order valence-corrected chi connectivity index (χ2v) is 7.46. The van der Waals surface area contributed by atoms with Gasteiger partial charge < -0.3 is 15.1 Å². The fourth-order valence-electron chi connectivity index (χ4n) is 3.04. The standard InChI is InChI=1S/C17H24N4O2S/c1-5-13-11(2)24-16(14(13)10-18)19-15(22)12-6-8-21(9-7-12)17(23)20(3)4/h12H,5-9H2,1-4H3,(H,19,22). The Hall–Kier alpha value is -2.07. The Balaban J connectivity index is 2.00. The maximum absolute atomic E-state index is 12.5. The summed E-state index contributed by atoms with van der Waals surface area (Å²) in [6, 6.07) is 2.20. The van der Waals surface area contributed by atoms with Gasteiger partial charge in [0.05, 0.1) is 5.56 Å². The number of carbonyl (C=O) groups excluding carboxylic acids is 2. The Bertz CT molecular complexity index is 667. The lowest BCUT2D eigenvalue weighted by molar-refractivity contribution is -0.121. The number of rotatable bonds is 3. The van der Waals surface area contributed by atoms with Crippen molar-refractivity contribution >= 4 is 28.3 Å². The maximum atomic E-state index is 12.5. The van der Waals surface area contributed by atoms with Crippen molar-refractivity contribution in [3.05, 3.63) is 16.0 Å². The van der Waals surface area contributed by atoms with E-state index in [1.807, 2.05) is 13.8 Å². The fourth-order valence-corrected chi connectivity index (χ4v) is 4.14. The predicted molar refractivity (Wildman–Crippen MR) is 95.2 cm³/mol. The van der Waals surface area contributed by atoms with Gasteiger partial charge in [0.25, 0.3) is 0 Å². The number of hydrogen-bond donors (Lipinski definition) is 1. The summed E-state index contributed by atoms with van der Waals surface area (Å²) in [4.78, 5) is 28.9. The van der Waals surface area contributed by atoms with E-state index in [1.165, 1.54) is 11.3 Å². The summed E-state index contributed by atoms with van der Waals surface area (Å²) in [5.41, 5.74) is 1.61. The first-order valence-corrected chi connectivity index (χ1v) is 9.00. The van der Waals surface area contributed by atoms with Crippen LogP contribution in [0.25, 0.3) is 0 Å². The van der Waals surface area contributed by atoms with Crippen molar-refractivity contribution in [1.82, 2.24) is 9.80 Å². The fraction of sp³-hybridized carbons (Fsp3) is 0.588. The molecule has 0 radical (unpaired) electrons. The van der Waals surface area contributed by atoms with Crippen LogP contribution in [0.1, 0.15) is 35.8 Å². The second-order valence-electron chi connectivity index (χ2n) is 6.23. The van der Waals surface area contributed by atoms with E-state index in [-0.39, 0.29) is 17.9 Å². The van der Waals surface area contributed by atoms with Crippen LogP contribution in [0, 0.1) is 24.2 Å². The molecule has 0 saturated carbocycles. The molecule has 0 aliphatic carbocycles. The van der Waals surface area contributed by atoms with E-state index in [1.54, 1.807) is 23.9 Å². The molecule has 3 amide bonds. The van der Waals surface area contributed by atoms with Crippen LogP contribution in [-0.4, -0.2) is 48.9 Å². The number of aryl methyl sites for hydroxylation is 1. The third-order valence-electron chi connectivity index (χ3n) is 4.43. The summed E-state index contributed by atoms with van der Waals surface area (Å²) in [5, 5.41) is 13.0. The first-order valence-electron chi connectivity index (χ1n) is 8.18. The number of nitrogens with zero attached hydrogens (tertiary/aromatic N) is 3. The van der Waals surface area contributed by atoms with Crippen molar-refractivity contribution < 1.29 is 9.59 Å². The van der Waals surface area contributed by atoms with Crippen molar-refractivity contribution in [3.8, 4) is 6.07 Å². The molecule has 1 saturated heterocycles. The van der Waals surface area contributed by atoms with Crippen LogP contribution in [0.2, 0.25) is 0 Å². The summed E-state index contributed by atoms with van der Waals surface area (Å²) >= 11 is 1.47. The minimum atomic E-state index is -0.116. The molecule has 1 aromatic heterocycles. The molecule has 0 spiro atoms. The highest BCUT2D eigenvalue weighted by Gasteiger charge is 2.29. The first kappa shape index (κ1) is 18.3. The molecule has 0 atom stereocenters. The summed E-state index contributed by atoms with van der Waals surface area (Å²) in [7, 11) is 3.46. The van der Waals surface area contributed by atoms with E-state index in [4.69, 9.17) is 0 Å². The Morgan fingerprint density at radius 1 is 1.38 bits per heavy atom. The van der Waals surface area contributed by atoms with Crippen LogP contribution in [0.5, 0.6) is 0 Å². The topological polar surface area (TPSA) is 76.4 Å². The minimum absolute atomic E-state index is 0.0119. The molecule has 0 aromatic carbocycles. The maximum Gasteiger partial charge on any atom is 0.319 e. The van der Waals surface area contributed by atoms with Gasteiger partial charge in [-0.15, -0.1) is 11.3 Å². The van der Waals surface area contributed by atoms with Gasteiger partial charge in [-0.3, -0.25) is 4.79 Å². The lowest BCUT2D eigenvalue weighted by atomic mass is 9.96. The molecule has 0 unspecified atom stereocenters. The summed E-state index contributed by atoms with van der Waals surface area (Å²) < 4.78 is 0. The third-order valence-corrected chi connectivity index (χ3v) is 5.49. The van der Waals surface area contributed by atoms with Gasteiger partial charge in [-0.1, -0.05) is 6.92 Å². The minimum Gasteiger partial charge on any atom is -0.331 e. The average molecular weight is 348 g/mol. The molecule has 1 N–H and O–H groups in total. The molecule has 1 aromatic rings. The SMILES string of the molecule is CCc1c(C)sc(NC(=O)C2CCN(C(=O)N(C)C)CC2)c1C#N. The van der Waals surface area contributed by atoms with Crippen molar-refractivity contribution in [2.24, 2.45) is 5.92 Å². The highest BCUT2D eigenvalue weighted by atomic mass is 32.1. The molecule has 0 bridgehead atoms. The molecule has 1 fully saturated rings. The smallest absolute Gasteiger partial charge is 0.319 e. The van der Waals surface area contributed by atoms with Crippen LogP contribution in [0.15, 0.2) is 0 Å². The lowest BCUT2D eigenvalue weighted by Gasteiger charge is -2.32. The highest BCUT2D eigenvalue weighted by Crippen LogP contribution is 2.33. The number of anilines is 1. The van der Waals surface area contributed by atoms with Crippen LogP contribution in [0.3, 0.4) is 0 Å². The molecule has 6 nitrogen and oxygen atoms in total. The Morgan fingerprint density at radius 3 is 2.50 bits per heavy atom. The molecule has 24 heavy (non-hydrogen) atoms. The first-order chi connectivity index (χ1) is 11.4. The molecular weight excluding hydrogens is 324 g/mol. The lowest BCUT2D eigenvalue weighted by Crippen LogP contribution is -2.45. The number of amides is 3. The number of thiophene rings is 1. The summed E-state index contributed by atoms with van der Waals surface area (Å²) in [6.45, 7) is 5.16. The number of carbonyl (C=O) groups is 2. The van der Waals surface area contributed by atoms with Crippen LogP contribution in [-0.2, 0) is 11.2 Å². The molecule has 2 rings (SSSR count). The third kappa shape index (κ3) is 3.70. The van der Waals surface area contributed by atoms with E-state index in [0.717, 1.165) is 16.9 Å². The van der Waals surface area contributed by atoms with Gasteiger partial charge in [-0.25, -0.2) is 4.79 Å². The van der Waals surface area contributed by atoms with E-state index >= 15 is 0 Å². The van der Waals surface area contributed by atoms with Crippen LogP contribution < -0.4 is 5.32 Å². The van der Waals surface area contributed by atoms with Crippen molar-refractivity contribution in [2.75, 3.05) is 32.5 Å². The van der Waals surface area contributed by atoms with E-state index < -0.39 is 0 Å². The van der Waals surface area contributed by atoms with Gasteiger partial charge in [-0.2, -0.15) is 5.26 Å². The number of hydrogen-bond acceptors (Lipinski definition) is 4. The Labute approximate surface area is 147 Å². The predicted octanol–water partition coefficient (Wildman–Crippen LogP) is 2.82. The Morgan fingerprint density at radius 2 is 2.00 bits per heavy atom. The largest absolute Gasteiger partial charge is 0.331 e. The van der Waals surface area contributed by atoms with Crippen LogP contribution in [0.4, 0.5) is 9.80 Å². The molecule has 1 aliphatic heterocycles. The molecule has 1 aliphatic rings. The zero-order valence-corrected chi connectivity index (χ0v) is 15.5. The molecule has 2 heterocycles. The number of urea groups is 1. The van der Waals surface area contributed by atoms with E-state index in [2.05, 4.69) is 11.4 Å². The number of nitrogens with one attached hydrogen (secondary N) is 1. The summed E-state index contributed by atoms with van der Waals surface area (Å²) in [6.07, 6.45) is 2.09. The van der Waals surface area contributed by atoms with Crippen LogP contribution >= 0.6 is 11.3 Å². The zero-order valence-electron chi connectivity index (χ0n) is 14.7.